The van der Waals surface area contributed by atoms with Crippen LogP contribution in [0.1, 0.15) is 156 Å². The van der Waals surface area contributed by atoms with Crippen molar-refractivity contribution in [3.8, 4) is 0 Å². The van der Waals surface area contributed by atoms with Crippen LogP contribution in [0, 0.1) is 11.8 Å². The fourth-order valence-corrected chi connectivity index (χ4v) is 4.37. The van der Waals surface area contributed by atoms with Crippen molar-refractivity contribution >= 4 is 11.9 Å². The van der Waals surface area contributed by atoms with Crippen molar-refractivity contribution in [3.63, 3.8) is 0 Å². The first-order valence-corrected chi connectivity index (χ1v) is 14.8. The molecule has 4 nitrogen and oxygen atoms in total. The van der Waals surface area contributed by atoms with Crippen molar-refractivity contribution in [2.75, 3.05) is 13.2 Å². The van der Waals surface area contributed by atoms with Crippen LogP contribution in [-0.4, -0.2) is 25.2 Å². The number of esters is 2. The number of carbonyl (C=O) groups is 2. The van der Waals surface area contributed by atoms with Gasteiger partial charge in [0.2, 0.25) is 0 Å². The third-order valence-corrected chi connectivity index (χ3v) is 6.76. The minimum Gasteiger partial charge on any atom is -0.466 e. The van der Waals surface area contributed by atoms with Crippen LogP contribution in [0.3, 0.4) is 0 Å². The predicted octanol–water partition coefficient (Wildman–Crippen LogP) is 9.19. The SMILES string of the molecule is CCCCCCCOC(=O)CCCCCCCCCCC(C(=O)OCCCCCCC)C(C)C. The standard InChI is InChI=1S/C30H58O4/c1-5-7-9-17-21-25-33-29(31)24-20-16-14-12-11-13-15-19-23-28(27(3)4)30(32)34-26-22-18-10-8-6-2/h27-28H,5-26H2,1-4H3. The van der Waals surface area contributed by atoms with Crippen LogP contribution < -0.4 is 0 Å². The lowest BCUT2D eigenvalue weighted by Gasteiger charge is -2.19. The van der Waals surface area contributed by atoms with E-state index < -0.39 is 0 Å². The zero-order valence-corrected chi connectivity index (χ0v) is 23.3. The number of rotatable bonds is 25. The van der Waals surface area contributed by atoms with E-state index in [9.17, 15) is 9.59 Å². The normalized spacial score (nSPS) is 12.1. The summed E-state index contributed by atoms with van der Waals surface area (Å²) in [5.74, 6) is 0.387. The molecule has 0 aromatic carbocycles. The van der Waals surface area contributed by atoms with Gasteiger partial charge in [-0.3, -0.25) is 9.59 Å². The molecule has 0 spiro atoms. The van der Waals surface area contributed by atoms with Gasteiger partial charge in [-0.15, -0.1) is 0 Å². The van der Waals surface area contributed by atoms with Crippen molar-refractivity contribution in [2.45, 2.75) is 156 Å². The quantitative estimate of drug-likeness (QED) is 0.0961. The lowest BCUT2D eigenvalue weighted by molar-refractivity contribution is -0.150. The molecule has 0 aliphatic heterocycles. The van der Waals surface area contributed by atoms with Crippen LogP contribution >= 0.6 is 0 Å². The summed E-state index contributed by atoms with van der Waals surface area (Å²) in [7, 11) is 0. The number of hydrogen-bond acceptors (Lipinski definition) is 4. The minimum atomic E-state index is -0.0229. The molecule has 1 unspecified atom stereocenters. The summed E-state index contributed by atoms with van der Waals surface area (Å²) in [6.45, 7) is 9.87. The molecule has 0 N–H and O–H groups in total. The molecule has 202 valence electrons. The fourth-order valence-electron chi connectivity index (χ4n) is 4.37. The van der Waals surface area contributed by atoms with Gasteiger partial charge in [0.1, 0.15) is 0 Å². The van der Waals surface area contributed by atoms with Crippen LogP contribution in [0.25, 0.3) is 0 Å². The van der Waals surface area contributed by atoms with Crippen LogP contribution in [-0.2, 0) is 19.1 Å². The second-order valence-corrected chi connectivity index (χ2v) is 10.4. The molecule has 0 bridgehead atoms. The van der Waals surface area contributed by atoms with Gasteiger partial charge in [0.15, 0.2) is 0 Å². The Hall–Kier alpha value is -1.06. The highest BCUT2D eigenvalue weighted by Crippen LogP contribution is 2.21. The molecule has 0 aliphatic rings. The Morgan fingerprint density at radius 2 is 1.00 bits per heavy atom. The van der Waals surface area contributed by atoms with Gasteiger partial charge in [-0.2, -0.15) is 0 Å². The molecule has 0 amide bonds. The van der Waals surface area contributed by atoms with E-state index >= 15 is 0 Å². The molecule has 0 heterocycles. The number of unbranched alkanes of at least 4 members (excludes halogenated alkanes) is 15. The Morgan fingerprint density at radius 3 is 1.53 bits per heavy atom. The lowest BCUT2D eigenvalue weighted by Crippen LogP contribution is -2.23. The van der Waals surface area contributed by atoms with Gasteiger partial charge in [-0.25, -0.2) is 0 Å². The van der Waals surface area contributed by atoms with Crippen molar-refractivity contribution in [2.24, 2.45) is 11.8 Å². The Balaban J connectivity index is 3.59. The predicted molar refractivity (Wildman–Crippen MR) is 144 cm³/mol. The molecule has 0 aromatic rings. The topological polar surface area (TPSA) is 52.6 Å². The first-order chi connectivity index (χ1) is 16.5. The maximum Gasteiger partial charge on any atom is 0.309 e. The van der Waals surface area contributed by atoms with Crippen molar-refractivity contribution in [1.29, 1.82) is 0 Å². The van der Waals surface area contributed by atoms with Gasteiger partial charge in [0.05, 0.1) is 19.1 Å². The Labute approximate surface area is 212 Å². The second kappa shape index (κ2) is 25.0. The Kier molecular flexibility index (Phi) is 24.3. The summed E-state index contributed by atoms with van der Waals surface area (Å²) in [6.07, 6.45) is 22.7. The van der Waals surface area contributed by atoms with Gasteiger partial charge in [-0.05, 0) is 31.6 Å². The highest BCUT2D eigenvalue weighted by Gasteiger charge is 2.23. The molecular formula is C30H58O4. The maximum absolute atomic E-state index is 12.4. The lowest BCUT2D eigenvalue weighted by atomic mass is 9.90. The average Bonchev–Trinajstić information content (AvgIpc) is 2.81. The summed E-state index contributed by atoms with van der Waals surface area (Å²) in [5, 5.41) is 0. The molecule has 0 saturated carbocycles. The third kappa shape index (κ3) is 21.5. The highest BCUT2D eigenvalue weighted by atomic mass is 16.5. The molecular weight excluding hydrogens is 424 g/mol. The minimum absolute atomic E-state index is 0.0144. The summed E-state index contributed by atoms with van der Waals surface area (Å²) < 4.78 is 10.9. The zero-order chi connectivity index (χ0) is 25.3. The summed E-state index contributed by atoms with van der Waals surface area (Å²) in [5.41, 5.74) is 0. The fraction of sp³-hybridized carbons (Fsp3) is 0.933. The van der Waals surface area contributed by atoms with E-state index in [1.165, 1.54) is 77.0 Å². The monoisotopic (exact) mass is 482 g/mol. The number of ether oxygens (including phenoxy) is 2. The Bertz CT molecular complexity index is 461. The van der Waals surface area contributed by atoms with Crippen LogP contribution in [0.15, 0.2) is 0 Å². The highest BCUT2D eigenvalue weighted by molar-refractivity contribution is 5.72. The molecule has 1 atom stereocenters. The second-order valence-electron chi connectivity index (χ2n) is 10.4. The summed E-state index contributed by atoms with van der Waals surface area (Å²) in [6, 6.07) is 0. The molecule has 0 rings (SSSR count). The average molecular weight is 483 g/mol. The molecule has 0 fully saturated rings. The summed E-state index contributed by atoms with van der Waals surface area (Å²) in [4.78, 5) is 24.2. The first kappa shape index (κ1) is 32.9. The largest absolute Gasteiger partial charge is 0.466 e. The maximum atomic E-state index is 12.4. The van der Waals surface area contributed by atoms with E-state index in [0.717, 1.165) is 44.9 Å². The van der Waals surface area contributed by atoms with Crippen LogP contribution in [0.4, 0.5) is 0 Å². The van der Waals surface area contributed by atoms with E-state index in [1.54, 1.807) is 0 Å². The molecule has 0 aromatic heterocycles. The van der Waals surface area contributed by atoms with Crippen LogP contribution in [0.2, 0.25) is 0 Å². The molecule has 0 aliphatic carbocycles. The van der Waals surface area contributed by atoms with E-state index in [0.29, 0.717) is 25.6 Å². The van der Waals surface area contributed by atoms with E-state index in [-0.39, 0.29) is 17.9 Å². The molecule has 34 heavy (non-hydrogen) atoms. The number of hydrogen-bond donors (Lipinski definition) is 0. The van der Waals surface area contributed by atoms with Crippen LogP contribution in [0.5, 0.6) is 0 Å². The molecule has 0 saturated heterocycles. The molecule has 4 heteroatoms. The van der Waals surface area contributed by atoms with Crippen molar-refractivity contribution in [1.82, 2.24) is 0 Å². The van der Waals surface area contributed by atoms with E-state index in [1.807, 2.05) is 0 Å². The first-order valence-electron chi connectivity index (χ1n) is 14.8. The van der Waals surface area contributed by atoms with Gasteiger partial charge in [0.25, 0.3) is 0 Å². The molecule has 0 radical (unpaired) electrons. The zero-order valence-electron chi connectivity index (χ0n) is 23.3. The van der Waals surface area contributed by atoms with Crippen molar-refractivity contribution < 1.29 is 19.1 Å². The van der Waals surface area contributed by atoms with Gasteiger partial charge in [0, 0.05) is 6.42 Å². The van der Waals surface area contributed by atoms with Gasteiger partial charge in [-0.1, -0.05) is 124 Å². The van der Waals surface area contributed by atoms with Crippen molar-refractivity contribution in [3.05, 3.63) is 0 Å². The van der Waals surface area contributed by atoms with E-state index in [2.05, 4.69) is 27.7 Å². The van der Waals surface area contributed by atoms with Gasteiger partial charge >= 0.3 is 11.9 Å². The third-order valence-electron chi connectivity index (χ3n) is 6.76. The van der Waals surface area contributed by atoms with E-state index in [4.69, 9.17) is 9.47 Å². The number of carbonyl (C=O) groups excluding carboxylic acids is 2. The Morgan fingerprint density at radius 1 is 0.559 bits per heavy atom. The van der Waals surface area contributed by atoms with Gasteiger partial charge < -0.3 is 9.47 Å². The summed E-state index contributed by atoms with van der Waals surface area (Å²) >= 11 is 0. The smallest absolute Gasteiger partial charge is 0.309 e.